The molecular formula is C10H16N2O4. The van der Waals surface area contributed by atoms with Crippen LogP contribution >= 0.6 is 0 Å². The molecule has 0 unspecified atom stereocenters. The van der Waals surface area contributed by atoms with Crippen molar-refractivity contribution in [3.05, 3.63) is 0 Å². The first-order valence-corrected chi connectivity index (χ1v) is 5.09. The molecule has 0 rings (SSSR count). The van der Waals surface area contributed by atoms with Gasteiger partial charge in [-0.25, -0.2) is 9.59 Å². The Hall–Kier alpha value is -1.72. The van der Waals surface area contributed by atoms with Gasteiger partial charge in [0.05, 0.1) is 13.2 Å². The van der Waals surface area contributed by atoms with Crippen molar-refractivity contribution in [3.8, 4) is 0 Å². The summed E-state index contributed by atoms with van der Waals surface area (Å²) < 4.78 is 9.15. The number of rotatable bonds is 5. The van der Waals surface area contributed by atoms with Crippen LogP contribution < -0.4 is 0 Å². The van der Waals surface area contributed by atoms with Gasteiger partial charge in [0.2, 0.25) is 0 Å². The minimum absolute atomic E-state index is 0.306. The van der Waals surface area contributed by atoms with Crippen molar-refractivity contribution in [2.24, 2.45) is 9.98 Å². The molecule has 0 radical (unpaired) electrons. The maximum absolute atomic E-state index is 10.7. The molecular weight excluding hydrogens is 212 g/mol. The Morgan fingerprint density at radius 3 is 1.62 bits per heavy atom. The number of carbonyl (C=O) groups excluding carboxylic acids is 2. The predicted octanol–water partition coefficient (Wildman–Crippen LogP) is 2.22. The van der Waals surface area contributed by atoms with E-state index in [0.717, 1.165) is 0 Å². The fraction of sp³-hybridized carbons (Fsp3) is 0.600. The molecule has 0 aromatic heterocycles. The summed E-state index contributed by atoms with van der Waals surface area (Å²) in [5, 5.41) is 0. The van der Waals surface area contributed by atoms with E-state index in [4.69, 9.17) is 0 Å². The molecule has 0 spiro atoms. The summed E-state index contributed by atoms with van der Waals surface area (Å²) in [6.45, 7) is 4.03. The molecule has 0 saturated heterocycles. The minimum Gasteiger partial charge on any atom is -0.448 e. The lowest BCUT2D eigenvalue weighted by Gasteiger charge is -1.93. The summed E-state index contributed by atoms with van der Waals surface area (Å²) in [4.78, 5) is 28.5. The fourth-order valence-corrected chi connectivity index (χ4v) is 0.749. The molecule has 6 heteroatoms. The molecule has 0 saturated carbocycles. The van der Waals surface area contributed by atoms with Gasteiger partial charge >= 0.3 is 12.2 Å². The van der Waals surface area contributed by atoms with Crippen LogP contribution in [0.2, 0.25) is 0 Å². The van der Waals surface area contributed by atoms with Crippen LogP contribution in [0.15, 0.2) is 9.98 Å². The van der Waals surface area contributed by atoms with Gasteiger partial charge in [0, 0.05) is 12.4 Å². The molecule has 6 nitrogen and oxygen atoms in total. The topological polar surface area (TPSA) is 77.3 Å². The highest BCUT2D eigenvalue weighted by atomic mass is 16.5. The number of hydrogen-bond acceptors (Lipinski definition) is 4. The molecule has 16 heavy (non-hydrogen) atoms. The first-order chi connectivity index (χ1) is 7.70. The highest BCUT2D eigenvalue weighted by Gasteiger charge is 1.94. The van der Waals surface area contributed by atoms with Crippen LogP contribution in [0.25, 0.3) is 0 Å². The first kappa shape index (κ1) is 14.3. The summed E-state index contributed by atoms with van der Waals surface area (Å²) in [6.07, 6.45) is 2.67. The summed E-state index contributed by atoms with van der Waals surface area (Å²) in [7, 11) is 0. The van der Waals surface area contributed by atoms with E-state index in [1.807, 2.05) is 0 Å². The van der Waals surface area contributed by atoms with E-state index in [2.05, 4.69) is 19.5 Å². The Balaban J connectivity index is 3.59. The third-order valence-electron chi connectivity index (χ3n) is 1.35. The maximum Gasteiger partial charge on any atom is 0.433 e. The number of amides is 2. The highest BCUT2D eigenvalue weighted by Crippen LogP contribution is 1.87. The molecule has 0 aromatic carbocycles. The number of carbonyl (C=O) groups is 2. The largest absolute Gasteiger partial charge is 0.448 e. The van der Waals surface area contributed by atoms with Crippen LogP contribution in [0.3, 0.4) is 0 Å². The molecule has 0 bridgehead atoms. The molecule has 0 aromatic rings. The average Bonchev–Trinajstić information content (AvgIpc) is 2.24. The summed E-state index contributed by atoms with van der Waals surface area (Å²) in [5.74, 6) is 0. The predicted molar refractivity (Wildman–Crippen MR) is 60.3 cm³/mol. The molecule has 0 atom stereocenters. The number of ether oxygens (including phenoxy) is 2. The van der Waals surface area contributed by atoms with Crippen LogP contribution in [0.4, 0.5) is 9.59 Å². The number of aliphatic imine (C=N–C) groups is 2. The van der Waals surface area contributed by atoms with Crippen molar-refractivity contribution >= 4 is 24.6 Å². The summed E-state index contributed by atoms with van der Waals surface area (Å²) >= 11 is 0. The van der Waals surface area contributed by atoms with E-state index in [9.17, 15) is 9.59 Å². The van der Waals surface area contributed by atoms with Crippen molar-refractivity contribution in [2.45, 2.75) is 26.7 Å². The second-order valence-corrected chi connectivity index (χ2v) is 2.60. The molecule has 0 aliphatic rings. The monoisotopic (exact) mass is 228 g/mol. The van der Waals surface area contributed by atoms with Gasteiger partial charge in [-0.05, 0) is 26.7 Å². The van der Waals surface area contributed by atoms with Gasteiger partial charge in [0.25, 0.3) is 0 Å². The zero-order valence-corrected chi connectivity index (χ0v) is 9.51. The SMILES string of the molecule is CCOC(=O)N=CCCC=NC(=O)OCC. The van der Waals surface area contributed by atoms with E-state index >= 15 is 0 Å². The smallest absolute Gasteiger partial charge is 0.433 e. The first-order valence-electron chi connectivity index (χ1n) is 5.09. The van der Waals surface area contributed by atoms with Crippen molar-refractivity contribution < 1.29 is 19.1 Å². The van der Waals surface area contributed by atoms with E-state index in [1.54, 1.807) is 13.8 Å². The molecule has 0 aliphatic heterocycles. The lowest BCUT2D eigenvalue weighted by Crippen LogP contribution is -1.99. The zero-order valence-electron chi connectivity index (χ0n) is 9.51. The Labute approximate surface area is 94.4 Å². The summed E-state index contributed by atoms with van der Waals surface area (Å²) in [6, 6.07) is 0. The second kappa shape index (κ2) is 9.82. The minimum atomic E-state index is -0.607. The van der Waals surface area contributed by atoms with Crippen LogP contribution in [0, 0.1) is 0 Å². The molecule has 0 N–H and O–H groups in total. The lowest BCUT2D eigenvalue weighted by atomic mass is 10.3. The fourth-order valence-electron chi connectivity index (χ4n) is 0.749. The molecule has 0 fully saturated rings. The Kier molecular flexibility index (Phi) is 8.76. The van der Waals surface area contributed by atoms with E-state index < -0.39 is 12.2 Å². The van der Waals surface area contributed by atoms with Crippen molar-refractivity contribution in [2.75, 3.05) is 13.2 Å². The maximum atomic E-state index is 10.7. The Morgan fingerprint density at radius 1 is 0.938 bits per heavy atom. The normalized spacial score (nSPS) is 10.9. The van der Waals surface area contributed by atoms with E-state index in [-0.39, 0.29) is 0 Å². The number of unbranched alkanes of at least 4 members (excludes halogenated alkanes) is 1. The highest BCUT2D eigenvalue weighted by molar-refractivity contribution is 5.82. The summed E-state index contributed by atoms with van der Waals surface area (Å²) in [5.41, 5.74) is 0. The Bertz CT molecular complexity index is 246. The van der Waals surface area contributed by atoms with Gasteiger partial charge in [-0.15, -0.1) is 0 Å². The van der Waals surface area contributed by atoms with Crippen molar-refractivity contribution in [3.63, 3.8) is 0 Å². The van der Waals surface area contributed by atoms with Crippen LogP contribution in [-0.2, 0) is 9.47 Å². The third kappa shape index (κ3) is 8.86. The number of nitrogens with zero attached hydrogens (tertiary/aromatic N) is 2. The number of hydrogen-bond donors (Lipinski definition) is 0. The van der Waals surface area contributed by atoms with E-state index in [1.165, 1.54) is 12.4 Å². The van der Waals surface area contributed by atoms with Gasteiger partial charge in [-0.2, -0.15) is 9.98 Å². The van der Waals surface area contributed by atoms with Crippen molar-refractivity contribution in [1.82, 2.24) is 0 Å². The Morgan fingerprint density at radius 2 is 1.31 bits per heavy atom. The zero-order chi connectivity index (χ0) is 12.2. The van der Waals surface area contributed by atoms with Gasteiger partial charge in [0.1, 0.15) is 0 Å². The van der Waals surface area contributed by atoms with Crippen LogP contribution in [-0.4, -0.2) is 37.8 Å². The van der Waals surface area contributed by atoms with Gasteiger partial charge in [0.15, 0.2) is 0 Å². The van der Waals surface area contributed by atoms with Crippen LogP contribution in [0.1, 0.15) is 26.7 Å². The van der Waals surface area contributed by atoms with Crippen molar-refractivity contribution in [1.29, 1.82) is 0 Å². The average molecular weight is 228 g/mol. The standard InChI is InChI=1S/C10H16N2O4/c1-3-15-9(13)11-7-5-6-8-12-10(14)16-4-2/h7-8H,3-6H2,1-2H3. The lowest BCUT2D eigenvalue weighted by molar-refractivity contribution is 0.162. The van der Waals surface area contributed by atoms with Crippen LogP contribution in [0.5, 0.6) is 0 Å². The molecule has 2 amide bonds. The molecule has 90 valence electrons. The second-order valence-electron chi connectivity index (χ2n) is 2.60. The third-order valence-corrected chi connectivity index (χ3v) is 1.35. The van der Waals surface area contributed by atoms with Gasteiger partial charge in [-0.1, -0.05) is 0 Å². The van der Waals surface area contributed by atoms with Gasteiger partial charge < -0.3 is 9.47 Å². The molecule has 0 aliphatic carbocycles. The molecule has 0 heterocycles. The van der Waals surface area contributed by atoms with Gasteiger partial charge in [-0.3, -0.25) is 0 Å². The quantitative estimate of drug-likeness (QED) is 0.534. The van der Waals surface area contributed by atoms with E-state index in [0.29, 0.717) is 26.1 Å².